The lowest BCUT2D eigenvalue weighted by Gasteiger charge is -2.15. The number of aliphatic hydroxyl groups is 1. The fourth-order valence-corrected chi connectivity index (χ4v) is 2.00. The van der Waals surface area contributed by atoms with Crippen LogP contribution in [0.2, 0.25) is 0 Å². The van der Waals surface area contributed by atoms with Crippen molar-refractivity contribution in [3.05, 3.63) is 47.8 Å². The van der Waals surface area contributed by atoms with Gasteiger partial charge in [0.05, 0.1) is 12.6 Å². The Morgan fingerprint density at radius 1 is 1.26 bits per heavy atom. The molecular weight excluding hydrogens is 245 g/mol. The van der Waals surface area contributed by atoms with Crippen LogP contribution in [0.5, 0.6) is 0 Å². The third-order valence-corrected chi connectivity index (χ3v) is 3.16. The molecule has 0 aliphatic carbocycles. The highest BCUT2D eigenvalue weighted by molar-refractivity contribution is 6.07. The van der Waals surface area contributed by atoms with Crippen molar-refractivity contribution >= 4 is 16.7 Å². The largest absolute Gasteiger partial charge is 0.394 e. The highest BCUT2D eigenvalue weighted by Crippen LogP contribution is 2.21. The molecule has 0 radical (unpaired) electrons. The Bertz CT molecular complexity index is 594. The normalized spacial score (nSPS) is 12.4. The minimum Gasteiger partial charge on any atom is -0.394 e. The number of carbonyl (C=O) groups excluding carboxylic acids is 1. The third-order valence-electron chi connectivity index (χ3n) is 3.16. The molecule has 0 saturated carbocycles. The van der Waals surface area contributed by atoms with E-state index in [4.69, 9.17) is 5.11 Å². The standard InChI is InChI=1S/C15H16FNO2/c1-2-10(9-18)17-15(19)13-7-8-14(16)12-6-4-3-5-11(12)13/h3-8,10,18H,2,9H2,1H3,(H,17,19). The second-order valence-electron chi connectivity index (χ2n) is 4.40. The minimum absolute atomic E-state index is 0.110. The van der Waals surface area contributed by atoms with Crippen molar-refractivity contribution in [1.82, 2.24) is 5.32 Å². The molecule has 4 heteroatoms. The van der Waals surface area contributed by atoms with E-state index < -0.39 is 0 Å². The van der Waals surface area contributed by atoms with Crippen LogP contribution < -0.4 is 5.32 Å². The van der Waals surface area contributed by atoms with Crippen LogP contribution in [-0.2, 0) is 0 Å². The van der Waals surface area contributed by atoms with Gasteiger partial charge in [0.2, 0.25) is 0 Å². The van der Waals surface area contributed by atoms with E-state index >= 15 is 0 Å². The Kier molecular flexibility index (Phi) is 4.12. The summed E-state index contributed by atoms with van der Waals surface area (Å²) in [4.78, 5) is 12.2. The van der Waals surface area contributed by atoms with E-state index in [1.807, 2.05) is 6.92 Å². The van der Waals surface area contributed by atoms with E-state index in [-0.39, 0.29) is 24.4 Å². The molecule has 1 atom stereocenters. The van der Waals surface area contributed by atoms with Crippen LogP contribution in [0.3, 0.4) is 0 Å². The molecule has 3 nitrogen and oxygen atoms in total. The predicted octanol–water partition coefficient (Wildman–Crippen LogP) is 2.48. The summed E-state index contributed by atoms with van der Waals surface area (Å²) in [6.07, 6.45) is 0.640. The van der Waals surface area contributed by atoms with E-state index in [9.17, 15) is 9.18 Å². The lowest BCUT2D eigenvalue weighted by molar-refractivity contribution is 0.0916. The molecule has 1 unspecified atom stereocenters. The van der Waals surface area contributed by atoms with Gasteiger partial charge in [-0.3, -0.25) is 4.79 Å². The molecule has 0 heterocycles. The van der Waals surface area contributed by atoms with Gasteiger partial charge < -0.3 is 10.4 Å². The second kappa shape index (κ2) is 5.80. The fourth-order valence-electron chi connectivity index (χ4n) is 2.00. The lowest BCUT2D eigenvalue weighted by Crippen LogP contribution is -2.37. The van der Waals surface area contributed by atoms with Crippen molar-refractivity contribution in [2.45, 2.75) is 19.4 Å². The number of aliphatic hydroxyl groups excluding tert-OH is 1. The minimum atomic E-state index is -0.346. The SMILES string of the molecule is CCC(CO)NC(=O)c1ccc(F)c2ccccc12. The highest BCUT2D eigenvalue weighted by Gasteiger charge is 2.15. The lowest BCUT2D eigenvalue weighted by atomic mass is 10.0. The molecule has 0 aliphatic rings. The van der Waals surface area contributed by atoms with Crippen molar-refractivity contribution in [2.75, 3.05) is 6.61 Å². The first-order valence-electron chi connectivity index (χ1n) is 6.26. The molecule has 2 N–H and O–H groups in total. The van der Waals surface area contributed by atoms with Crippen LogP contribution in [0.15, 0.2) is 36.4 Å². The van der Waals surface area contributed by atoms with E-state index in [1.165, 1.54) is 12.1 Å². The summed E-state index contributed by atoms with van der Waals surface area (Å²) in [5.41, 5.74) is 0.420. The van der Waals surface area contributed by atoms with Crippen molar-refractivity contribution in [3.63, 3.8) is 0 Å². The van der Waals surface area contributed by atoms with Crippen molar-refractivity contribution in [1.29, 1.82) is 0 Å². The van der Waals surface area contributed by atoms with Gasteiger partial charge in [0.15, 0.2) is 0 Å². The number of carbonyl (C=O) groups is 1. The number of nitrogens with one attached hydrogen (secondary N) is 1. The maximum absolute atomic E-state index is 13.7. The zero-order chi connectivity index (χ0) is 13.8. The highest BCUT2D eigenvalue weighted by atomic mass is 19.1. The van der Waals surface area contributed by atoms with Gasteiger partial charge in [0.1, 0.15) is 5.82 Å². The summed E-state index contributed by atoms with van der Waals surface area (Å²) in [5.74, 6) is -0.640. The van der Waals surface area contributed by atoms with Gasteiger partial charge in [0, 0.05) is 10.9 Å². The molecule has 19 heavy (non-hydrogen) atoms. The average Bonchev–Trinajstić information content (AvgIpc) is 2.45. The molecule has 2 aromatic rings. The fraction of sp³-hybridized carbons (Fsp3) is 0.267. The molecule has 1 amide bonds. The van der Waals surface area contributed by atoms with Gasteiger partial charge in [-0.1, -0.05) is 31.2 Å². The van der Waals surface area contributed by atoms with Crippen LogP contribution >= 0.6 is 0 Å². The number of halogens is 1. The van der Waals surface area contributed by atoms with E-state index in [2.05, 4.69) is 5.32 Å². The van der Waals surface area contributed by atoms with E-state index in [1.54, 1.807) is 24.3 Å². The predicted molar refractivity (Wildman–Crippen MR) is 72.5 cm³/mol. The first-order chi connectivity index (χ1) is 9.17. The van der Waals surface area contributed by atoms with Crippen LogP contribution in [0, 0.1) is 5.82 Å². The molecule has 2 aromatic carbocycles. The number of amides is 1. The monoisotopic (exact) mass is 261 g/mol. The molecule has 2 rings (SSSR count). The van der Waals surface area contributed by atoms with Crippen molar-refractivity contribution < 1.29 is 14.3 Å². The maximum Gasteiger partial charge on any atom is 0.252 e. The summed E-state index contributed by atoms with van der Waals surface area (Å²) in [6, 6.07) is 9.33. The maximum atomic E-state index is 13.7. The molecule has 100 valence electrons. The zero-order valence-corrected chi connectivity index (χ0v) is 10.7. The number of hydrogen-bond acceptors (Lipinski definition) is 2. The van der Waals surface area contributed by atoms with Crippen LogP contribution in [-0.4, -0.2) is 23.7 Å². The summed E-state index contributed by atoms with van der Waals surface area (Å²) in [5, 5.41) is 12.8. The molecule has 0 spiro atoms. The van der Waals surface area contributed by atoms with Crippen LogP contribution in [0.4, 0.5) is 4.39 Å². The molecular formula is C15H16FNO2. The smallest absolute Gasteiger partial charge is 0.252 e. The Morgan fingerprint density at radius 2 is 1.95 bits per heavy atom. The number of hydrogen-bond donors (Lipinski definition) is 2. The Morgan fingerprint density at radius 3 is 2.58 bits per heavy atom. The molecule has 0 aliphatic heterocycles. The first kappa shape index (κ1) is 13.5. The number of fused-ring (bicyclic) bond motifs is 1. The first-order valence-corrected chi connectivity index (χ1v) is 6.26. The summed E-state index contributed by atoms with van der Waals surface area (Å²) in [6.45, 7) is 1.77. The van der Waals surface area contributed by atoms with E-state index in [0.717, 1.165) is 0 Å². The van der Waals surface area contributed by atoms with Crippen molar-refractivity contribution in [2.24, 2.45) is 0 Å². The zero-order valence-electron chi connectivity index (χ0n) is 10.7. The van der Waals surface area contributed by atoms with Crippen LogP contribution in [0.25, 0.3) is 10.8 Å². The summed E-state index contributed by atoms with van der Waals surface area (Å²) >= 11 is 0. The number of rotatable bonds is 4. The number of benzene rings is 2. The molecule has 0 bridgehead atoms. The van der Waals surface area contributed by atoms with Gasteiger partial charge in [-0.15, -0.1) is 0 Å². The Labute approximate surface area is 111 Å². The Hall–Kier alpha value is -1.94. The van der Waals surface area contributed by atoms with E-state index in [0.29, 0.717) is 22.8 Å². The van der Waals surface area contributed by atoms with Crippen LogP contribution in [0.1, 0.15) is 23.7 Å². The average molecular weight is 261 g/mol. The third kappa shape index (κ3) is 2.74. The second-order valence-corrected chi connectivity index (χ2v) is 4.40. The van der Waals surface area contributed by atoms with Gasteiger partial charge in [-0.25, -0.2) is 4.39 Å². The Balaban J connectivity index is 2.40. The van der Waals surface area contributed by atoms with Gasteiger partial charge in [-0.05, 0) is 23.9 Å². The topological polar surface area (TPSA) is 49.3 Å². The molecule has 0 saturated heterocycles. The molecule has 0 fully saturated rings. The summed E-state index contributed by atoms with van der Waals surface area (Å²) < 4.78 is 13.7. The summed E-state index contributed by atoms with van der Waals surface area (Å²) in [7, 11) is 0. The molecule has 0 aromatic heterocycles. The van der Waals surface area contributed by atoms with Gasteiger partial charge in [0.25, 0.3) is 5.91 Å². The van der Waals surface area contributed by atoms with Gasteiger partial charge in [-0.2, -0.15) is 0 Å². The van der Waals surface area contributed by atoms with Crippen molar-refractivity contribution in [3.8, 4) is 0 Å². The quantitative estimate of drug-likeness (QED) is 0.888. The van der Waals surface area contributed by atoms with Gasteiger partial charge >= 0.3 is 0 Å².